The molecule has 2 fully saturated rings. The van der Waals surface area contributed by atoms with E-state index >= 15 is 0 Å². The van der Waals surface area contributed by atoms with Crippen LogP contribution in [0.1, 0.15) is 58.8 Å². The maximum Gasteiger partial charge on any atom is 0.222 e. The van der Waals surface area contributed by atoms with Crippen LogP contribution < -0.4 is 0 Å². The van der Waals surface area contributed by atoms with Crippen LogP contribution in [0.3, 0.4) is 0 Å². The van der Waals surface area contributed by atoms with Gasteiger partial charge in [0.15, 0.2) is 5.78 Å². The van der Waals surface area contributed by atoms with Crippen molar-refractivity contribution >= 4 is 11.7 Å². The van der Waals surface area contributed by atoms with Gasteiger partial charge in [0.05, 0.1) is 0 Å². The van der Waals surface area contributed by atoms with Gasteiger partial charge in [-0.05, 0) is 78.0 Å². The number of carbonyl (C=O) groups excluding carboxylic acids is 2. The Labute approximate surface area is 190 Å². The maximum absolute atomic E-state index is 13.0. The highest BCUT2D eigenvalue weighted by atomic mass is 16.2. The third-order valence-electron chi connectivity index (χ3n) is 6.78. The molecule has 31 heavy (non-hydrogen) atoms. The van der Waals surface area contributed by atoms with E-state index in [-0.39, 0.29) is 0 Å². The largest absolute Gasteiger partial charge is 0.383 e. The molecule has 1 heterocycles. The fourth-order valence-corrected chi connectivity index (χ4v) is 5.34. The topological polar surface area (TPSA) is 47.1 Å². The van der Waals surface area contributed by atoms with Gasteiger partial charge in [0.2, 0.25) is 5.91 Å². The summed E-state index contributed by atoms with van der Waals surface area (Å²) >= 11 is 0. The molecule has 0 bridgehead atoms. The smallest absolute Gasteiger partial charge is 0.222 e. The van der Waals surface area contributed by atoms with Crippen molar-refractivity contribution in [2.24, 2.45) is 11.8 Å². The number of fused-ring (bicyclic) bond motifs is 1. The third-order valence-corrected chi connectivity index (χ3v) is 6.78. The molecule has 6 heteroatoms. The van der Waals surface area contributed by atoms with Gasteiger partial charge in [-0.2, -0.15) is 0 Å². The summed E-state index contributed by atoms with van der Waals surface area (Å²) in [5.41, 5.74) is 0.969. The summed E-state index contributed by atoms with van der Waals surface area (Å²) in [4.78, 5) is 34.6. The molecule has 0 aromatic rings. The predicted molar refractivity (Wildman–Crippen MR) is 128 cm³/mol. The van der Waals surface area contributed by atoms with Crippen molar-refractivity contribution in [2.75, 3.05) is 60.9 Å². The molecule has 1 aliphatic heterocycles. The first-order valence-corrected chi connectivity index (χ1v) is 12.3. The standard InChI is InChI=1S/C25H46N4O2/c1-7-11-29-18-20(15-25(31)28(8-2)13-10-9-12-26(3)4)14-21-17-24(30)22(16-23(21)29)19-27(5)6/h19-21,23H,7-18H2,1-6H3/t20-,21-,23-/m1/s1. The normalized spacial score (nSPS) is 25.7. The van der Waals surface area contributed by atoms with E-state index in [0.717, 1.165) is 70.4 Å². The van der Waals surface area contributed by atoms with Crippen molar-refractivity contribution in [3.8, 4) is 0 Å². The number of nitrogens with zero attached hydrogens (tertiary/aromatic N) is 4. The summed E-state index contributed by atoms with van der Waals surface area (Å²) in [5.74, 6) is 1.35. The SMILES string of the molecule is CCCN1C[C@@H](CC(=O)N(CC)CCCCN(C)C)C[C@@H]2CC(=O)C(=CN(C)C)C[C@H]21. The Balaban J connectivity index is 1.98. The highest BCUT2D eigenvalue weighted by molar-refractivity contribution is 5.96. The number of carbonyl (C=O) groups is 2. The zero-order chi connectivity index (χ0) is 23.0. The number of amides is 1. The van der Waals surface area contributed by atoms with Crippen LogP contribution in [0, 0.1) is 11.8 Å². The molecule has 6 nitrogen and oxygen atoms in total. The van der Waals surface area contributed by atoms with E-state index in [1.807, 2.05) is 30.1 Å². The highest BCUT2D eigenvalue weighted by Gasteiger charge is 2.41. The average molecular weight is 435 g/mol. The molecule has 2 rings (SSSR count). The van der Waals surface area contributed by atoms with Crippen LogP contribution in [-0.4, -0.2) is 98.2 Å². The molecule has 3 atom stereocenters. The Hall–Kier alpha value is -1.40. The van der Waals surface area contributed by atoms with E-state index in [9.17, 15) is 9.59 Å². The number of hydrogen-bond donors (Lipinski definition) is 0. The van der Waals surface area contributed by atoms with E-state index in [4.69, 9.17) is 0 Å². The summed E-state index contributed by atoms with van der Waals surface area (Å²) in [5, 5.41) is 0. The number of Topliss-reactive ketones (excluding diaryl/α,β-unsaturated/α-hetero) is 1. The molecule has 0 unspecified atom stereocenters. The molecular weight excluding hydrogens is 388 g/mol. The first-order chi connectivity index (χ1) is 14.7. The van der Waals surface area contributed by atoms with Crippen molar-refractivity contribution in [3.63, 3.8) is 0 Å². The minimum atomic E-state index is 0.294. The maximum atomic E-state index is 13.0. The second-order valence-electron chi connectivity index (χ2n) is 10.1. The zero-order valence-electron chi connectivity index (χ0n) is 20.9. The number of likely N-dealkylation sites (tertiary alicyclic amines) is 1. The second-order valence-corrected chi connectivity index (χ2v) is 10.1. The van der Waals surface area contributed by atoms with Gasteiger partial charge in [0, 0.05) is 64.4 Å². The number of hydrogen-bond acceptors (Lipinski definition) is 5. The Kier molecular flexibility index (Phi) is 10.5. The fraction of sp³-hybridized carbons (Fsp3) is 0.840. The summed E-state index contributed by atoms with van der Waals surface area (Å²) in [6.45, 7) is 9.07. The predicted octanol–water partition coefficient (Wildman–Crippen LogP) is 3.09. The average Bonchev–Trinajstić information content (AvgIpc) is 2.68. The molecule has 1 amide bonds. The number of piperidine rings is 1. The van der Waals surface area contributed by atoms with Crippen molar-refractivity contribution in [1.82, 2.24) is 19.6 Å². The summed E-state index contributed by atoms with van der Waals surface area (Å²) in [6.07, 6.45) is 8.43. The molecule has 1 saturated carbocycles. The van der Waals surface area contributed by atoms with Crippen LogP contribution in [0.15, 0.2) is 11.8 Å². The lowest BCUT2D eigenvalue weighted by molar-refractivity contribution is -0.133. The lowest BCUT2D eigenvalue weighted by atomic mass is 9.72. The third kappa shape index (κ3) is 7.90. The van der Waals surface area contributed by atoms with Crippen LogP contribution in [0.2, 0.25) is 0 Å². The first-order valence-electron chi connectivity index (χ1n) is 12.3. The molecule has 1 saturated heterocycles. The molecule has 2 aliphatic rings. The van der Waals surface area contributed by atoms with Gasteiger partial charge >= 0.3 is 0 Å². The molecular formula is C25H46N4O2. The second kappa shape index (κ2) is 12.6. The molecule has 0 spiro atoms. The van der Waals surface area contributed by atoms with Gasteiger partial charge in [-0.25, -0.2) is 0 Å². The van der Waals surface area contributed by atoms with Crippen molar-refractivity contribution in [1.29, 1.82) is 0 Å². The number of ketones is 1. The van der Waals surface area contributed by atoms with Crippen LogP contribution >= 0.6 is 0 Å². The van der Waals surface area contributed by atoms with E-state index in [0.29, 0.717) is 42.4 Å². The van der Waals surface area contributed by atoms with Crippen LogP contribution in [-0.2, 0) is 9.59 Å². The van der Waals surface area contributed by atoms with Gasteiger partial charge in [-0.15, -0.1) is 0 Å². The van der Waals surface area contributed by atoms with Crippen molar-refractivity contribution < 1.29 is 9.59 Å². The molecule has 178 valence electrons. The summed E-state index contributed by atoms with van der Waals surface area (Å²) < 4.78 is 0. The van der Waals surface area contributed by atoms with E-state index in [1.165, 1.54) is 0 Å². The molecule has 1 aliphatic carbocycles. The Morgan fingerprint density at radius 2 is 1.81 bits per heavy atom. The molecule has 0 aromatic heterocycles. The summed E-state index contributed by atoms with van der Waals surface area (Å²) in [7, 11) is 8.16. The molecule has 0 N–H and O–H groups in total. The Morgan fingerprint density at radius 1 is 1.10 bits per heavy atom. The molecule has 0 radical (unpaired) electrons. The quantitative estimate of drug-likeness (QED) is 0.369. The zero-order valence-corrected chi connectivity index (χ0v) is 20.9. The van der Waals surface area contributed by atoms with Gasteiger partial charge in [-0.1, -0.05) is 6.92 Å². The van der Waals surface area contributed by atoms with E-state index in [2.05, 4.69) is 37.7 Å². The lowest BCUT2D eigenvalue weighted by Crippen LogP contribution is -2.52. The van der Waals surface area contributed by atoms with Crippen LogP contribution in [0.5, 0.6) is 0 Å². The molecule has 0 aromatic carbocycles. The monoisotopic (exact) mass is 434 g/mol. The van der Waals surface area contributed by atoms with E-state index in [1.54, 1.807) is 0 Å². The van der Waals surface area contributed by atoms with Gasteiger partial charge < -0.3 is 14.7 Å². The fourth-order valence-electron chi connectivity index (χ4n) is 5.34. The first kappa shape index (κ1) is 25.9. The van der Waals surface area contributed by atoms with Gasteiger partial charge in [0.25, 0.3) is 0 Å². The van der Waals surface area contributed by atoms with Crippen molar-refractivity contribution in [2.45, 2.75) is 64.8 Å². The minimum Gasteiger partial charge on any atom is -0.383 e. The Morgan fingerprint density at radius 3 is 2.42 bits per heavy atom. The van der Waals surface area contributed by atoms with Crippen molar-refractivity contribution in [3.05, 3.63) is 11.8 Å². The number of unbranched alkanes of at least 4 members (excludes halogenated alkanes) is 1. The van der Waals surface area contributed by atoms with Gasteiger partial charge in [-0.3, -0.25) is 14.5 Å². The van der Waals surface area contributed by atoms with Gasteiger partial charge in [0.1, 0.15) is 0 Å². The Bertz CT molecular complexity index is 617. The number of rotatable bonds is 11. The van der Waals surface area contributed by atoms with Crippen LogP contribution in [0.25, 0.3) is 0 Å². The highest BCUT2D eigenvalue weighted by Crippen LogP contribution is 2.39. The minimum absolute atomic E-state index is 0.294. The van der Waals surface area contributed by atoms with E-state index < -0.39 is 0 Å². The lowest BCUT2D eigenvalue weighted by Gasteiger charge is -2.47. The summed E-state index contributed by atoms with van der Waals surface area (Å²) in [6, 6.07) is 0.448. The van der Waals surface area contributed by atoms with Crippen LogP contribution in [0.4, 0.5) is 0 Å².